The topological polar surface area (TPSA) is 43.1 Å². The van der Waals surface area contributed by atoms with E-state index in [1.807, 2.05) is 6.92 Å². The minimum atomic E-state index is -0.502. The third kappa shape index (κ3) is 1.30. The maximum Gasteiger partial charge on any atom is 0.152 e. The Bertz CT molecular complexity index is 129. The Morgan fingerprint density at radius 1 is 1.56 bits per heavy atom. The minimum absolute atomic E-state index is 0.230. The quantitative estimate of drug-likeness (QED) is 0.524. The summed E-state index contributed by atoms with van der Waals surface area (Å²) >= 11 is 0. The molecule has 2 N–H and O–H groups in total. The highest BCUT2D eigenvalue weighted by Gasteiger charge is 2.29. The van der Waals surface area contributed by atoms with Crippen molar-refractivity contribution in [3.05, 3.63) is 0 Å². The lowest BCUT2D eigenvalue weighted by molar-refractivity contribution is -0.125. The fourth-order valence-electron chi connectivity index (χ4n) is 1.20. The van der Waals surface area contributed by atoms with Crippen molar-refractivity contribution in [3.8, 4) is 0 Å². The van der Waals surface area contributed by atoms with Crippen molar-refractivity contribution in [3.63, 3.8) is 0 Å². The fourth-order valence-corrected chi connectivity index (χ4v) is 1.20. The van der Waals surface area contributed by atoms with Crippen molar-refractivity contribution in [1.29, 1.82) is 0 Å². The van der Waals surface area contributed by atoms with Crippen LogP contribution in [0.1, 0.15) is 32.6 Å². The lowest BCUT2D eigenvalue weighted by Crippen LogP contribution is -2.46. The van der Waals surface area contributed by atoms with Gasteiger partial charge in [0.15, 0.2) is 5.78 Å². The summed E-state index contributed by atoms with van der Waals surface area (Å²) in [6.07, 6.45) is 3.70. The largest absolute Gasteiger partial charge is 0.319 e. The van der Waals surface area contributed by atoms with Crippen LogP contribution in [0.5, 0.6) is 0 Å². The molecule has 1 rings (SSSR count). The molecule has 0 aliphatic heterocycles. The first-order valence-electron chi connectivity index (χ1n) is 3.45. The van der Waals surface area contributed by atoms with E-state index in [0.29, 0.717) is 6.42 Å². The van der Waals surface area contributed by atoms with Gasteiger partial charge in [0.25, 0.3) is 0 Å². The second-order valence-electron chi connectivity index (χ2n) is 3.05. The number of carbonyl (C=O) groups excluding carboxylic acids is 1. The zero-order chi connectivity index (χ0) is 6.91. The lowest BCUT2D eigenvalue weighted by Gasteiger charge is -2.26. The average Bonchev–Trinajstić information content (AvgIpc) is 1.77. The average molecular weight is 127 g/mol. The second kappa shape index (κ2) is 2.10. The highest BCUT2D eigenvalue weighted by atomic mass is 16.1. The number of Topliss-reactive ketones (excluding diaryl/α,β-unsaturated/α-hetero) is 1. The Labute approximate surface area is 55.4 Å². The molecule has 0 heterocycles. The first kappa shape index (κ1) is 6.75. The van der Waals surface area contributed by atoms with Crippen LogP contribution < -0.4 is 5.73 Å². The molecule has 52 valence electrons. The van der Waals surface area contributed by atoms with E-state index in [9.17, 15) is 4.79 Å². The first-order chi connectivity index (χ1) is 4.13. The number of nitrogens with two attached hydrogens (primary N) is 1. The molecule has 1 atom stereocenters. The van der Waals surface area contributed by atoms with Crippen molar-refractivity contribution < 1.29 is 4.79 Å². The van der Waals surface area contributed by atoms with Crippen molar-refractivity contribution in [2.24, 2.45) is 5.73 Å². The predicted molar refractivity (Wildman–Crippen MR) is 36.1 cm³/mol. The third-order valence-electron chi connectivity index (χ3n) is 1.99. The molecule has 9 heavy (non-hydrogen) atoms. The van der Waals surface area contributed by atoms with Crippen LogP contribution in [0.2, 0.25) is 0 Å². The van der Waals surface area contributed by atoms with Gasteiger partial charge in [-0.1, -0.05) is 6.42 Å². The van der Waals surface area contributed by atoms with Gasteiger partial charge >= 0.3 is 0 Å². The molecule has 0 amide bonds. The van der Waals surface area contributed by atoms with Crippen LogP contribution in [-0.4, -0.2) is 11.3 Å². The van der Waals surface area contributed by atoms with Gasteiger partial charge in [0.1, 0.15) is 0 Å². The van der Waals surface area contributed by atoms with Crippen molar-refractivity contribution in [1.82, 2.24) is 0 Å². The normalized spacial score (nSPS) is 36.9. The molecule has 0 saturated heterocycles. The fraction of sp³-hybridized carbons (Fsp3) is 0.857. The molecule has 2 heteroatoms. The smallest absolute Gasteiger partial charge is 0.152 e. The Morgan fingerprint density at radius 2 is 2.22 bits per heavy atom. The maximum atomic E-state index is 11.0. The minimum Gasteiger partial charge on any atom is -0.319 e. The van der Waals surface area contributed by atoms with Crippen molar-refractivity contribution >= 4 is 5.78 Å². The van der Waals surface area contributed by atoms with Crippen molar-refractivity contribution in [2.45, 2.75) is 38.1 Å². The van der Waals surface area contributed by atoms with Gasteiger partial charge in [-0.2, -0.15) is 0 Å². The maximum absolute atomic E-state index is 11.0. The monoisotopic (exact) mass is 127 g/mol. The summed E-state index contributed by atoms with van der Waals surface area (Å²) in [6.45, 7) is 1.83. The van der Waals surface area contributed by atoms with Gasteiger partial charge in [-0.3, -0.25) is 4.79 Å². The SMILES string of the molecule is CC1(N)CCCCC1=O. The van der Waals surface area contributed by atoms with Crippen LogP contribution in [-0.2, 0) is 4.79 Å². The van der Waals surface area contributed by atoms with Gasteiger partial charge in [0.2, 0.25) is 0 Å². The Balaban J connectivity index is 2.60. The standard InChI is InChI=1S/C7H13NO/c1-7(8)5-3-2-4-6(7)9/h2-5,8H2,1H3. The second-order valence-corrected chi connectivity index (χ2v) is 3.05. The van der Waals surface area contributed by atoms with E-state index in [4.69, 9.17) is 5.73 Å². The molecular weight excluding hydrogens is 114 g/mol. The summed E-state index contributed by atoms with van der Waals surface area (Å²) in [5, 5.41) is 0. The molecule has 1 aliphatic carbocycles. The van der Waals surface area contributed by atoms with Crippen LogP contribution in [0.3, 0.4) is 0 Å². The molecule has 0 aromatic heterocycles. The van der Waals surface area contributed by atoms with E-state index in [0.717, 1.165) is 19.3 Å². The summed E-state index contributed by atoms with van der Waals surface area (Å²) < 4.78 is 0. The van der Waals surface area contributed by atoms with Gasteiger partial charge in [-0.05, 0) is 19.8 Å². The summed E-state index contributed by atoms with van der Waals surface area (Å²) in [4.78, 5) is 11.0. The molecular formula is C7H13NO. The molecule has 0 aromatic rings. The molecule has 0 aromatic carbocycles. The van der Waals surface area contributed by atoms with Gasteiger partial charge < -0.3 is 5.73 Å². The summed E-state index contributed by atoms with van der Waals surface area (Å²) in [5.41, 5.74) is 5.17. The zero-order valence-electron chi connectivity index (χ0n) is 5.81. The molecule has 0 bridgehead atoms. The lowest BCUT2D eigenvalue weighted by atomic mass is 9.83. The van der Waals surface area contributed by atoms with E-state index < -0.39 is 5.54 Å². The third-order valence-corrected chi connectivity index (χ3v) is 1.99. The highest BCUT2D eigenvalue weighted by molar-refractivity contribution is 5.88. The van der Waals surface area contributed by atoms with Crippen molar-refractivity contribution in [2.75, 3.05) is 0 Å². The number of hydrogen-bond acceptors (Lipinski definition) is 2. The molecule has 2 nitrogen and oxygen atoms in total. The van der Waals surface area contributed by atoms with Crippen LogP contribution in [0, 0.1) is 0 Å². The van der Waals surface area contributed by atoms with Gasteiger partial charge in [0, 0.05) is 6.42 Å². The molecule has 0 spiro atoms. The van der Waals surface area contributed by atoms with Crippen LogP contribution in [0.25, 0.3) is 0 Å². The van der Waals surface area contributed by atoms with Gasteiger partial charge in [0.05, 0.1) is 5.54 Å². The van der Waals surface area contributed by atoms with Crippen LogP contribution in [0.4, 0.5) is 0 Å². The Hall–Kier alpha value is -0.370. The van der Waals surface area contributed by atoms with E-state index in [1.165, 1.54) is 0 Å². The molecule has 1 saturated carbocycles. The van der Waals surface area contributed by atoms with Gasteiger partial charge in [-0.15, -0.1) is 0 Å². The van der Waals surface area contributed by atoms with Crippen LogP contribution in [0.15, 0.2) is 0 Å². The van der Waals surface area contributed by atoms with E-state index in [2.05, 4.69) is 0 Å². The number of hydrogen-bond donors (Lipinski definition) is 1. The number of carbonyl (C=O) groups is 1. The van der Waals surface area contributed by atoms with Gasteiger partial charge in [-0.25, -0.2) is 0 Å². The van der Waals surface area contributed by atoms with E-state index >= 15 is 0 Å². The first-order valence-corrected chi connectivity index (χ1v) is 3.45. The number of rotatable bonds is 0. The highest BCUT2D eigenvalue weighted by Crippen LogP contribution is 2.21. The van der Waals surface area contributed by atoms with E-state index in [-0.39, 0.29) is 5.78 Å². The van der Waals surface area contributed by atoms with E-state index in [1.54, 1.807) is 0 Å². The number of ketones is 1. The molecule has 1 unspecified atom stereocenters. The summed E-state index contributed by atoms with van der Waals surface area (Å²) in [7, 11) is 0. The molecule has 0 radical (unpaired) electrons. The summed E-state index contributed by atoms with van der Waals surface area (Å²) in [5.74, 6) is 0.230. The zero-order valence-corrected chi connectivity index (χ0v) is 5.81. The molecule has 1 fully saturated rings. The Kier molecular flexibility index (Phi) is 1.58. The summed E-state index contributed by atoms with van der Waals surface area (Å²) in [6, 6.07) is 0. The predicted octanol–water partition coefficient (Wildman–Crippen LogP) is 0.847. The molecule has 1 aliphatic rings. The van der Waals surface area contributed by atoms with Crippen LogP contribution >= 0.6 is 0 Å². The Morgan fingerprint density at radius 3 is 2.56 bits per heavy atom.